The van der Waals surface area contributed by atoms with Crippen LogP contribution in [0.25, 0.3) is 0 Å². The van der Waals surface area contributed by atoms with Crippen molar-refractivity contribution in [2.24, 2.45) is 4.99 Å². The number of aliphatic hydroxyl groups excluding tert-OH is 1. The molecule has 0 saturated carbocycles. The molecular weight excluding hydrogens is 604 g/mol. The van der Waals surface area contributed by atoms with Gasteiger partial charge >= 0.3 is 0 Å². The Morgan fingerprint density at radius 1 is 1.00 bits per heavy atom. The maximum atomic E-state index is 14.3. The molecule has 0 fully saturated rings. The Morgan fingerprint density at radius 3 is 2.49 bits per heavy atom. The van der Waals surface area contributed by atoms with Crippen LogP contribution in [0.1, 0.15) is 34.8 Å². The van der Waals surface area contributed by atoms with Crippen molar-refractivity contribution in [2.45, 2.75) is 31.0 Å². The van der Waals surface area contributed by atoms with Crippen LogP contribution in [-0.4, -0.2) is 35.7 Å². The first-order chi connectivity index (χ1) is 20.0. The van der Waals surface area contributed by atoms with E-state index < -0.39 is 11.6 Å². The lowest BCUT2D eigenvalue weighted by molar-refractivity contribution is -0.129. The molecule has 0 unspecified atom stereocenters. The summed E-state index contributed by atoms with van der Waals surface area (Å²) in [4.78, 5) is 19.4. The number of amides is 1. The van der Waals surface area contributed by atoms with Gasteiger partial charge in [-0.3, -0.25) is 4.79 Å². The highest BCUT2D eigenvalue weighted by molar-refractivity contribution is 9.10. The van der Waals surface area contributed by atoms with Gasteiger partial charge in [0.25, 0.3) is 5.91 Å². The Balaban J connectivity index is 1.55. The lowest BCUT2D eigenvalue weighted by Crippen LogP contribution is -2.49. The molecule has 0 aliphatic carbocycles. The third kappa shape index (κ3) is 6.81. The van der Waals surface area contributed by atoms with E-state index in [9.17, 15) is 4.79 Å². The monoisotopic (exact) mass is 632 g/mol. The first-order valence-corrected chi connectivity index (χ1v) is 14.6. The predicted octanol–water partition coefficient (Wildman–Crippen LogP) is 6.68. The number of aliphatic hydroxyl groups is 1. The second kappa shape index (κ2) is 13.3. The second-order valence-corrected chi connectivity index (χ2v) is 11.1. The molecule has 5 rings (SSSR count). The van der Waals surface area contributed by atoms with Gasteiger partial charge < -0.3 is 19.9 Å². The summed E-state index contributed by atoms with van der Waals surface area (Å²) in [7, 11) is 0. The highest BCUT2D eigenvalue weighted by Gasteiger charge is 2.53. The third-order valence-electron chi connectivity index (χ3n) is 6.89. The van der Waals surface area contributed by atoms with Crippen LogP contribution in [0, 0.1) is 0 Å². The number of hydrogen-bond donors (Lipinski definition) is 2. The number of nitrogens with one attached hydrogen (secondary N) is 1. The van der Waals surface area contributed by atoms with Crippen LogP contribution in [0.2, 0.25) is 5.02 Å². The molecule has 210 valence electrons. The molecule has 0 bridgehead atoms. The van der Waals surface area contributed by atoms with Gasteiger partial charge in [0.05, 0.1) is 6.61 Å². The van der Waals surface area contributed by atoms with E-state index in [1.165, 1.54) is 0 Å². The van der Waals surface area contributed by atoms with Crippen molar-refractivity contribution in [1.29, 1.82) is 0 Å². The summed E-state index contributed by atoms with van der Waals surface area (Å²) in [6.07, 6.45) is 0.185. The zero-order chi connectivity index (χ0) is 28.7. The first-order valence-electron chi connectivity index (χ1n) is 13.4. The summed E-state index contributed by atoms with van der Waals surface area (Å²) < 4.78 is 13.2. The van der Waals surface area contributed by atoms with Crippen molar-refractivity contribution >= 4 is 39.3 Å². The number of nitrogens with zero attached hydrogens (tertiary/aromatic N) is 1. The molecule has 0 radical (unpaired) electrons. The summed E-state index contributed by atoms with van der Waals surface area (Å²) in [6, 6.07) is 32.4. The number of benzene rings is 4. The Kier molecular flexibility index (Phi) is 9.39. The van der Waals surface area contributed by atoms with Crippen LogP contribution in [0.5, 0.6) is 5.75 Å². The molecule has 41 heavy (non-hydrogen) atoms. The third-order valence-corrected chi connectivity index (χ3v) is 7.90. The van der Waals surface area contributed by atoms with Gasteiger partial charge in [-0.25, -0.2) is 4.99 Å². The molecule has 1 amide bonds. The Labute approximate surface area is 253 Å². The van der Waals surface area contributed by atoms with Crippen molar-refractivity contribution in [3.05, 3.63) is 135 Å². The van der Waals surface area contributed by atoms with Gasteiger partial charge in [0.2, 0.25) is 5.90 Å². The van der Waals surface area contributed by atoms with Gasteiger partial charge in [-0.1, -0.05) is 88.2 Å². The lowest BCUT2D eigenvalue weighted by Gasteiger charge is -2.31. The average Bonchev–Trinajstić information content (AvgIpc) is 3.38. The zero-order valence-electron chi connectivity index (χ0n) is 22.3. The highest BCUT2D eigenvalue weighted by atomic mass is 79.9. The molecule has 1 aliphatic rings. The number of carbonyl (C=O) groups is 1. The molecule has 0 aromatic heterocycles. The Hall–Kier alpha value is -3.65. The maximum absolute atomic E-state index is 14.3. The van der Waals surface area contributed by atoms with Crippen molar-refractivity contribution in [3.63, 3.8) is 0 Å². The molecule has 0 saturated heterocycles. The molecule has 1 aliphatic heterocycles. The molecule has 4 aromatic rings. The quantitative estimate of drug-likeness (QED) is 0.181. The maximum Gasteiger partial charge on any atom is 0.252 e. The highest BCUT2D eigenvalue weighted by Crippen LogP contribution is 2.43. The number of aliphatic imine (C=N–C) groups is 1. The van der Waals surface area contributed by atoms with Gasteiger partial charge in [-0.05, 0) is 59.2 Å². The van der Waals surface area contributed by atoms with Crippen LogP contribution >= 0.6 is 27.5 Å². The van der Waals surface area contributed by atoms with Crippen molar-refractivity contribution in [2.75, 3.05) is 13.2 Å². The largest absolute Gasteiger partial charge is 0.494 e. The standard InChI is InChI=1S/C33H30BrClN2O4/c34-29-13-5-4-11-26(29)21-33(32(39)36-22-23-8-6-12-27(35)20-23)30(24-9-2-1-3-10-24)41-31(37-33)25-14-16-28(17-15-25)40-19-7-18-38/h1-6,8-17,20,30,38H,7,18-19,21-22H2,(H,36,39)/t30-,33-/m1/s1. The summed E-state index contributed by atoms with van der Waals surface area (Å²) in [5.74, 6) is 0.811. The smallest absolute Gasteiger partial charge is 0.252 e. The molecule has 0 spiro atoms. The molecule has 2 N–H and O–H groups in total. The van der Waals surface area contributed by atoms with E-state index >= 15 is 0 Å². The van der Waals surface area contributed by atoms with Crippen LogP contribution in [0.3, 0.4) is 0 Å². The summed E-state index contributed by atoms with van der Waals surface area (Å²) in [6.45, 7) is 0.789. The minimum atomic E-state index is -1.30. The van der Waals surface area contributed by atoms with Crippen LogP contribution in [0.4, 0.5) is 0 Å². The van der Waals surface area contributed by atoms with E-state index in [0.29, 0.717) is 42.7 Å². The van der Waals surface area contributed by atoms with Crippen LogP contribution in [0.15, 0.2) is 113 Å². The second-order valence-electron chi connectivity index (χ2n) is 9.78. The van der Waals surface area contributed by atoms with Crippen molar-refractivity contribution in [3.8, 4) is 5.75 Å². The molecule has 2 atom stereocenters. The first kappa shape index (κ1) is 28.9. The predicted molar refractivity (Wildman–Crippen MR) is 164 cm³/mol. The minimum Gasteiger partial charge on any atom is -0.494 e. The molecular formula is C33H30BrClN2O4. The van der Waals surface area contributed by atoms with E-state index in [-0.39, 0.29) is 12.5 Å². The van der Waals surface area contributed by atoms with Crippen molar-refractivity contribution < 1.29 is 19.4 Å². The number of rotatable bonds is 11. The van der Waals surface area contributed by atoms with E-state index in [0.717, 1.165) is 26.7 Å². The number of halogens is 2. The van der Waals surface area contributed by atoms with E-state index in [1.54, 1.807) is 6.07 Å². The number of ether oxygens (including phenoxy) is 2. The summed E-state index contributed by atoms with van der Waals surface area (Å²) in [5.41, 5.74) is 2.11. The van der Waals surface area contributed by atoms with Crippen molar-refractivity contribution in [1.82, 2.24) is 5.32 Å². The average molecular weight is 634 g/mol. The minimum absolute atomic E-state index is 0.0720. The fourth-order valence-electron chi connectivity index (χ4n) is 4.82. The zero-order valence-corrected chi connectivity index (χ0v) is 24.6. The van der Waals surface area contributed by atoms with Gasteiger partial charge in [-0.15, -0.1) is 0 Å². The SMILES string of the molecule is O=C(NCc1cccc(Cl)c1)[C@]1(Cc2ccccc2Br)N=C(c2ccc(OCCCO)cc2)O[C@@H]1c1ccccc1. The normalized spacial score (nSPS) is 17.9. The molecule has 4 aromatic carbocycles. The van der Waals surface area contributed by atoms with Crippen LogP contribution in [-0.2, 0) is 22.5 Å². The van der Waals surface area contributed by atoms with Gasteiger partial charge in [0.15, 0.2) is 11.6 Å². The van der Waals surface area contributed by atoms with E-state index in [2.05, 4.69) is 21.2 Å². The van der Waals surface area contributed by atoms with E-state index in [1.807, 2.05) is 97.1 Å². The topological polar surface area (TPSA) is 80.2 Å². The van der Waals surface area contributed by atoms with Gasteiger partial charge in [0.1, 0.15) is 5.75 Å². The van der Waals surface area contributed by atoms with E-state index in [4.69, 9.17) is 31.2 Å². The number of carbonyl (C=O) groups excluding carboxylic acids is 1. The molecule has 6 nitrogen and oxygen atoms in total. The lowest BCUT2D eigenvalue weighted by atomic mass is 9.82. The molecule has 1 heterocycles. The van der Waals surface area contributed by atoms with Crippen LogP contribution < -0.4 is 10.1 Å². The molecule has 8 heteroatoms. The summed E-state index contributed by atoms with van der Waals surface area (Å²) in [5, 5.41) is 12.8. The fraction of sp³-hybridized carbons (Fsp3) is 0.212. The Bertz CT molecular complexity index is 1510. The van der Waals surface area contributed by atoms with Gasteiger partial charge in [-0.2, -0.15) is 0 Å². The Morgan fingerprint density at radius 2 is 1.76 bits per heavy atom. The van der Waals surface area contributed by atoms with Gasteiger partial charge in [0, 0.05) is 41.1 Å². The summed E-state index contributed by atoms with van der Waals surface area (Å²) >= 11 is 9.86. The fourth-order valence-corrected chi connectivity index (χ4v) is 5.46. The number of hydrogen-bond acceptors (Lipinski definition) is 5.